The van der Waals surface area contributed by atoms with Gasteiger partial charge in [-0.25, -0.2) is 0 Å². The van der Waals surface area contributed by atoms with Gasteiger partial charge in [-0.3, -0.25) is 4.79 Å². The lowest BCUT2D eigenvalue weighted by molar-refractivity contribution is -0.201. The fourth-order valence-corrected chi connectivity index (χ4v) is 1.90. The van der Waals surface area contributed by atoms with Crippen LogP contribution in [0.3, 0.4) is 0 Å². The molecule has 0 N–H and O–H groups in total. The van der Waals surface area contributed by atoms with Gasteiger partial charge in [-0.05, 0) is 12.0 Å². The van der Waals surface area contributed by atoms with E-state index in [2.05, 4.69) is 0 Å². The van der Waals surface area contributed by atoms with E-state index in [1.54, 1.807) is 0 Å². The molecule has 1 aromatic rings. The molecule has 0 aliphatic carbocycles. The lowest BCUT2D eigenvalue weighted by atomic mass is 10.1. The second-order valence-electron chi connectivity index (χ2n) is 4.37. The first-order valence-corrected chi connectivity index (χ1v) is 6.18. The number of hydrogen-bond acceptors (Lipinski definition) is 4. The predicted molar refractivity (Wildman–Crippen MR) is 65.8 cm³/mol. The van der Waals surface area contributed by atoms with Gasteiger partial charge in [-0.2, -0.15) is 0 Å². The van der Waals surface area contributed by atoms with Crippen LogP contribution in [0, 0.1) is 0 Å². The third-order valence-corrected chi connectivity index (χ3v) is 2.82. The second-order valence-corrected chi connectivity index (χ2v) is 4.37. The zero-order valence-electron chi connectivity index (χ0n) is 10.5. The van der Waals surface area contributed by atoms with Gasteiger partial charge in [0.1, 0.15) is 0 Å². The molecular weight excluding hydrogens is 232 g/mol. The van der Waals surface area contributed by atoms with Crippen molar-refractivity contribution in [3.63, 3.8) is 0 Å². The number of carbonyl (C=O) groups is 1. The summed E-state index contributed by atoms with van der Waals surface area (Å²) in [4.78, 5) is 10.8. The van der Waals surface area contributed by atoms with Gasteiger partial charge in [-0.15, -0.1) is 0 Å². The third kappa shape index (κ3) is 4.13. The maximum atomic E-state index is 10.8. The van der Waals surface area contributed by atoms with Crippen molar-refractivity contribution in [1.29, 1.82) is 0 Å². The molecule has 0 amide bonds. The van der Waals surface area contributed by atoms with Crippen LogP contribution in [0.2, 0.25) is 0 Å². The SMILES string of the molecule is CC(=O)O[C@@H]1CC[C@@H](OCc2ccccc2)CO1. The molecule has 0 radical (unpaired) electrons. The second kappa shape index (κ2) is 6.52. The molecule has 1 saturated heterocycles. The summed E-state index contributed by atoms with van der Waals surface area (Å²) in [5, 5.41) is 0. The van der Waals surface area contributed by atoms with Gasteiger partial charge in [0.15, 0.2) is 0 Å². The van der Waals surface area contributed by atoms with Crippen LogP contribution < -0.4 is 0 Å². The lowest BCUT2D eigenvalue weighted by Crippen LogP contribution is -2.33. The first-order chi connectivity index (χ1) is 8.74. The Morgan fingerprint density at radius 2 is 2.11 bits per heavy atom. The average molecular weight is 250 g/mol. The minimum Gasteiger partial charge on any atom is -0.436 e. The van der Waals surface area contributed by atoms with E-state index in [1.165, 1.54) is 6.92 Å². The van der Waals surface area contributed by atoms with Gasteiger partial charge in [0.25, 0.3) is 0 Å². The Morgan fingerprint density at radius 3 is 2.72 bits per heavy atom. The first kappa shape index (κ1) is 13.1. The molecule has 98 valence electrons. The highest BCUT2D eigenvalue weighted by atomic mass is 16.7. The Labute approximate surface area is 107 Å². The number of rotatable bonds is 4. The number of hydrogen-bond donors (Lipinski definition) is 0. The topological polar surface area (TPSA) is 44.8 Å². The van der Waals surface area contributed by atoms with Crippen molar-refractivity contribution in [2.24, 2.45) is 0 Å². The maximum absolute atomic E-state index is 10.8. The van der Waals surface area contributed by atoms with Gasteiger partial charge in [-0.1, -0.05) is 30.3 Å². The van der Waals surface area contributed by atoms with Crippen LogP contribution in [0.4, 0.5) is 0 Å². The lowest BCUT2D eigenvalue weighted by Gasteiger charge is -2.28. The Bertz CT molecular complexity index is 369. The number of ether oxygens (including phenoxy) is 3. The molecule has 0 bridgehead atoms. The highest BCUT2D eigenvalue weighted by Gasteiger charge is 2.23. The van der Waals surface area contributed by atoms with Gasteiger partial charge < -0.3 is 14.2 Å². The monoisotopic (exact) mass is 250 g/mol. The van der Waals surface area contributed by atoms with Crippen molar-refractivity contribution in [1.82, 2.24) is 0 Å². The molecule has 4 heteroatoms. The van der Waals surface area contributed by atoms with E-state index in [0.29, 0.717) is 19.6 Å². The largest absolute Gasteiger partial charge is 0.436 e. The number of benzene rings is 1. The van der Waals surface area contributed by atoms with Crippen LogP contribution in [-0.2, 0) is 25.6 Å². The summed E-state index contributed by atoms with van der Waals surface area (Å²) >= 11 is 0. The molecule has 1 fully saturated rings. The molecule has 4 nitrogen and oxygen atoms in total. The van der Waals surface area contributed by atoms with Crippen LogP contribution >= 0.6 is 0 Å². The van der Waals surface area contributed by atoms with Crippen molar-refractivity contribution >= 4 is 5.97 Å². The van der Waals surface area contributed by atoms with E-state index >= 15 is 0 Å². The molecule has 2 rings (SSSR count). The number of esters is 1. The van der Waals surface area contributed by atoms with Crippen molar-refractivity contribution in [3.8, 4) is 0 Å². The fourth-order valence-electron chi connectivity index (χ4n) is 1.90. The molecule has 0 unspecified atom stereocenters. The van der Waals surface area contributed by atoms with Gasteiger partial charge in [0.05, 0.1) is 19.3 Å². The number of carbonyl (C=O) groups excluding carboxylic acids is 1. The van der Waals surface area contributed by atoms with Crippen molar-refractivity contribution in [3.05, 3.63) is 35.9 Å². The molecule has 2 atom stereocenters. The zero-order valence-corrected chi connectivity index (χ0v) is 10.5. The van der Waals surface area contributed by atoms with Crippen molar-refractivity contribution in [2.45, 2.75) is 38.8 Å². The highest BCUT2D eigenvalue weighted by Crippen LogP contribution is 2.18. The normalized spacial score (nSPS) is 23.6. The zero-order chi connectivity index (χ0) is 12.8. The minimum atomic E-state index is -0.404. The molecule has 1 heterocycles. The molecule has 0 aromatic heterocycles. The average Bonchev–Trinajstić information content (AvgIpc) is 2.38. The van der Waals surface area contributed by atoms with Gasteiger partial charge in [0.2, 0.25) is 6.29 Å². The molecule has 1 aromatic carbocycles. The molecule has 18 heavy (non-hydrogen) atoms. The van der Waals surface area contributed by atoms with Crippen LogP contribution in [0.25, 0.3) is 0 Å². The van der Waals surface area contributed by atoms with Gasteiger partial charge >= 0.3 is 5.97 Å². The Balaban J connectivity index is 1.69. The fraction of sp³-hybridized carbons (Fsp3) is 0.500. The van der Waals surface area contributed by atoms with E-state index in [9.17, 15) is 4.79 Å². The maximum Gasteiger partial charge on any atom is 0.304 e. The van der Waals surface area contributed by atoms with Crippen molar-refractivity contribution < 1.29 is 19.0 Å². The summed E-state index contributed by atoms with van der Waals surface area (Å²) in [6.45, 7) is 2.46. The van der Waals surface area contributed by atoms with Crippen LogP contribution in [0.15, 0.2) is 30.3 Å². The van der Waals surface area contributed by atoms with E-state index in [4.69, 9.17) is 14.2 Å². The predicted octanol–water partition coefficient (Wildman–Crippen LogP) is 2.27. The molecule has 0 saturated carbocycles. The Hall–Kier alpha value is -1.39. The summed E-state index contributed by atoms with van der Waals surface area (Å²) in [7, 11) is 0. The van der Waals surface area contributed by atoms with E-state index < -0.39 is 6.29 Å². The summed E-state index contributed by atoms with van der Waals surface area (Å²) in [5.74, 6) is -0.302. The van der Waals surface area contributed by atoms with Crippen molar-refractivity contribution in [2.75, 3.05) is 6.61 Å². The molecular formula is C14H18O4. The van der Waals surface area contributed by atoms with Crippen LogP contribution in [0.1, 0.15) is 25.3 Å². The van der Waals surface area contributed by atoms with E-state index in [1.807, 2.05) is 30.3 Å². The summed E-state index contributed by atoms with van der Waals surface area (Å²) in [5.41, 5.74) is 1.15. The highest BCUT2D eigenvalue weighted by molar-refractivity contribution is 5.66. The summed E-state index contributed by atoms with van der Waals surface area (Å²) < 4.78 is 16.2. The minimum absolute atomic E-state index is 0.0806. The first-order valence-electron chi connectivity index (χ1n) is 6.18. The quantitative estimate of drug-likeness (QED) is 0.769. The van der Waals surface area contributed by atoms with Gasteiger partial charge in [0, 0.05) is 13.3 Å². The summed E-state index contributed by atoms with van der Waals surface area (Å²) in [6.07, 6.45) is 1.22. The molecule has 0 spiro atoms. The molecule has 1 aliphatic heterocycles. The molecule has 1 aliphatic rings. The smallest absolute Gasteiger partial charge is 0.304 e. The Kier molecular flexibility index (Phi) is 4.73. The third-order valence-electron chi connectivity index (χ3n) is 2.82. The van der Waals surface area contributed by atoms with Crippen LogP contribution in [-0.4, -0.2) is 25.0 Å². The summed E-state index contributed by atoms with van der Waals surface area (Å²) in [6, 6.07) is 10.0. The van der Waals surface area contributed by atoms with E-state index in [0.717, 1.165) is 12.0 Å². The van der Waals surface area contributed by atoms with E-state index in [-0.39, 0.29) is 12.1 Å². The Morgan fingerprint density at radius 1 is 1.33 bits per heavy atom. The van der Waals surface area contributed by atoms with Crippen LogP contribution in [0.5, 0.6) is 0 Å². The standard InChI is InChI=1S/C14H18O4/c1-11(15)18-14-8-7-13(10-17-14)16-9-12-5-3-2-4-6-12/h2-6,13-14H,7-10H2,1H3/t13-,14-/m1/s1.